The molecule has 1 aliphatic rings. The highest BCUT2D eigenvalue weighted by molar-refractivity contribution is 7.15. The van der Waals surface area contributed by atoms with Gasteiger partial charge in [-0.25, -0.2) is 0 Å². The fraction of sp³-hybridized carbons (Fsp3) is 0.417. The second-order valence-corrected chi connectivity index (χ2v) is 7.04. The van der Waals surface area contributed by atoms with E-state index in [1.54, 1.807) is 11.3 Å². The molecule has 1 fully saturated rings. The van der Waals surface area contributed by atoms with Crippen molar-refractivity contribution in [2.24, 2.45) is 0 Å². The molecule has 3 heterocycles. The van der Waals surface area contributed by atoms with Gasteiger partial charge in [-0.1, -0.05) is 11.3 Å². The maximum atomic E-state index is 12.0. The van der Waals surface area contributed by atoms with Crippen molar-refractivity contribution in [3.63, 3.8) is 0 Å². The standard InChI is InChI=1S/C12H14N4OS2/c1-7-3-4-10(18-7)11(17)13-9-5-16(6-9)12-15-14-8(2)19-12/h3-4,9H,5-6H2,1-2H3,(H,13,17). The number of hydrogen-bond donors (Lipinski definition) is 1. The highest BCUT2D eigenvalue weighted by atomic mass is 32.1. The molecule has 2 aromatic rings. The van der Waals surface area contributed by atoms with Crippen molar-refractivity contribution < 1.29 is 4.79 Å². The summed E-state index contributed by atoms with van der Waals surface area (Å²) >= 11 is 3.11. The third-order valence-corrected chi connectivity index (χ3v) is 4.87. The number of aromatic nitrogens is 2. The zero-order chi connectivity index (χ0) is 13.4. The van der Waals surface area contributed by atoms with Crippen molar-refractivity contribution in [1.82, 2.24) is 15.5 Å². The highest BCUT2D eigenvalue weighted by Gasteiger charge is 2.30. The van der Waals surface area contributed by atoms with E-state index >= 15 is 0 Å². The topological polar surface area (TPSA) is 58.1 Å². The molecule has 0 saturated carbocycles. The van der Waals surface area contributed by atoms with E-state index in [1.165, 1.54) is 11.3 Å². The third-order valence-electron chi connectivity index (χ3n) is 2.97. The molecule has 2 aromatic heterocycles. The molecule has 1 amide bonds. The fourth-order valence-corrected chi connectivity index (χ4v) is 3.43. The van der Waals surface area contributed by atoms with Gasteiger partial charge in [-0.2, -0.15) is 0 Å². The minimum Gasteiger partial charge on any atom is -0.345 e. The second kappa shape index (κ2) is 4.90. The van der Waals surface area contributed by atoms with E-state index in [2.05, 4.69) is 20.4 Å². The lowest BCUT2D eigenvalue weighted by Gasteiger charge is -2.38. The number of hydrogen-bond acceptors (Lipinski definition) is 6. The van der Waals surface area contributed by atoms with E-state index in [1.807, 2.05) is 26.0 Å². The van der Waals surface area contributed by atoms with Gasteiger partial charge in [0.25, 0.3) is 5.91 Å². The number of aryl methyl sites for hydroxylation is 2. The largest absolute Gasteiger partial charge is 0.345 e. The van der Waals surface area contributed by atoms with Crippen LogP contribution in [0.3, 0.4) is 0 Å². The molecule has 0 spiro atoms. The zero-order valence-electron chi connectivity index (χ0n) is 10.7. The summed E-state index contributed by atoms with van der Waals surface area (Å²) < 4.78 is 0. The normalized spacial score (nSPS) is 15.4. The van der Waals surface area contributed by atoms with Gasteiger partial charge < -0.3 is 10.2 Å². The first-order valence-corrected chi connectivity index (χ1v) is 7.67. The molecule has 1 saturated heterocycles. The lowest BCUT2D eigenvalue weighted by atomic mass is 10.1. The number of thiophene rings is 1. The molecule has 0 atom stereocenters. The summed E-state index contributed by atoms with van der Waals surface area (Å²) in [6, 6.07) is 4.05. The van der Waals surface area contributed by atoms with Crippen molar-refractivity contribution >= 4 is 33.7 Å². The molecule has 7 heteroatoms. The fourth-order valence-electron chi connectivity index (χ4n) is 1.95. The molecule has 0 radical (unpaired) electrons. The lowest BCUT2D eigenvalue weighted by Crippen LogP contribution is -2.59. The number of carbonyl (C=O) groups is 1. The van der Waals surface area contributed by atoms with E-state index in [0.717, 1.165) is 33.0 Å². The molecule has 0 unspecified atom stereocenters. The first kappa shape index (κ1) is 12.6. The van der Waals surface area contributed by atoms with Crippen LogP contribution in [0, 0.1) is 13.8 Å². The SMILES string of the molecule is Cc1ccc(C(=O)NC2CN(c3nnc(C)s3)C2)s1. The number of anilines is 1. The van der Waals surface area contributed by atoms with Gasteiger partial charge in [0, 0.05) is 18.0 Å². The Bertz CT molecular complexity index is 600. The van der Waals surface area contributed by atoms with Gasteiger partial charge in [0.15, 0.2) is 0 Å². The van der Waals surface area contributed by atoms with Crippen LogP contribution >= 0.6 is 22.7 Å². The van der Waals surface area contributed by atoms with Gasteiger partial charge in [-0.3, -0.25) is 4.79 Å². The van der Waals surface area contributed by atoms with Gasteiger partial charge in [0.1, 0.15) is 5.01 Å². The summed E-state index contributed by atoms with van der Waals surface area (Å²) in [6.45, 7) is 5.57. The summed E-state index contributed by atoms with van der Waals surface area (Å²) in [5, 5.41) is 13.0. The van der Waals surface area contributed by atoms with Crippen molar-refractivity contribution in [3.05, 3.63) is 26.9 Å². The second-order valence-electron chi connectivity index (χ2n) is 4.59. The molecule has 3 rings (SSSR count). The number of nitrogens with one attached hydrogen (secondary N) is 1. The van der Waals surface area contributed by atoms with Crippen LogP contribution in [0.4, 0.5) is 5.13 Å². The maximum Gasteiger partial charge on any atom is 0.261 e. The van der Waals surface area contributed by atoms with Gasteiger partial charge in [0.2, 0.25) is 5.13 Å². The van der Waals surface area contributed by atoms with Crippen LogP contribution in [0.25, 0.3) is 0 Å². The minimum atomic E-state index is 0.0243. The Hall–Kier alpha value is -1.47. The van der Waals surface area contributed by atoms with Crippen molar-refractivity contribution in [1.29, 1.82) is 0 Å². The average Bonchev–Trinajstić information content (AvgIpc) is 2.92. The van der Waals surface area contributed by atoms with Gasteiger partial charge in [-0.15, -0.1) is 21.5 Å². The molecular weight excluding hydrogens is 280 g/mol. The number of carbonyl (C=O) groups excluding carboxylic acids is 1. The van der Waals surface area contributed by atoms with Crippen molar-refractivity contribution in [2.75, 3.05) is 18.0 Å². The predicted octanol–water partition coefficient (Wildman–Crippen LogP) is 1.84. The molecule has 5 nitrogen and oxygen atoms in total. The highest BCUT2D eigenvalue weighted by Crippen LogP contribution is 2.24. The summed E-state index contributed by atoms with van der Waals surface area (Å²) in [7, 11) is 0. The van der Waals surface area contributed by atoms with Crippen LogP contribution < -0.4 is 10.2 Å². The first-order chi connectivity index (χ1) is 9.11. The molecule has 19 heavy (non-hydrogen) atoms. The van der Waals surface area contributed by atoms with Crippen LogP contribution in [0.5, 0.6) is 0 Å². The Morgan fingerprint density at radius 2 is 2.11 bits per heavy atom. The monoisotopic (exact) mass is 294 g/mol. The van der Waals surface area contributed by atoms with Crippen molar-refractivity contribution in [3.8, 4) is 0 Å². The van der Waals surface area contributed by atoms with Gasteiger partial charge in [-0.05, 0) is 26.0 Å². The quantitative estimate of drug-likeness (QED) is 0.938. The summed E-state index contributed by atoms with van der Waals surface area (Å²) in [6.07, 6.45) is 0. The molecule has 1 aliphatic heterocycles. The summed E-state index contributed by atoms with van der Waals surface area (Å²) in [4.78, 5) is 16.0. The Labute approximate surface area is 119 Å². The molecule has 0 bridgehead atoms. The van der Waals surface area contributed by atoms with Crippen LogP contribution in [0.15, 0.2) is 12.1 Å². The zero-order valence-corrected chi connectivity index (χ0v) is 12.3. The van der Waals surface area contributed by atoms with Gasteiger partial charge >= 0.3 is 0 Å². The molecular formula is C12H14N4OS2. The number of nitrogens with zero attached hydrogens (tertiary/aromatic N) is 3. The molecule has 0 aliphatic carbocycles. The molecule has 1 N–H and O–H groups in total. The molecule has 0 aromatic carbocycles. The van der Waals surface area contributed by atoms with E-state index in [-0.39, 0.29) is 11.9 Å². The smallest absolute Gasteiger partial charge is 0.261 e. The summed E-state index contributed by atoms with van der Waals surface area (Å²) in [5.41, 5.74) is 0. The lowest BCUT2D eigenvalue weighted by molar-refractivity contribution is 0.0934. The predicted molar refractivity (Wildman–Crippen MR) is 77.2 cm³/mol. The average molecular weight is 294 g/mol. The summed E-state index contributed by atoms with van der Waals surface area (Å²) in [5.74, 6) is 0.0243. The van der Waals surface area contributed by atoms with Crippen LogP contribution in [0.2, 0.25) is 0 Å². The number of rotatable bonds is 3. The Kier molecular flexibility index (Phi) is 3.24. The van der Waals surface area contributed by atoms with Crippen LogP contribution in [-0.4, -0.2) is 35.2 Å². The van der Waals surface area contributed by atoms with Crippen LogP contribution in [0.1, 0.15) is 19.6 Å². The number of amides is 1. The Morgan fingerprint density at radius 3 is 2.68 bits per heavy atom. The van der Waals surface area contributed by atoms with Crippen molar-refractivity contribution in [2.45, 2.75) is 19.9 Å². The van der Waals surface area contributed by atoms with E-state index < -0.39 is 0 Å². The van der Waals surface area contributed by atoms with E-state index in [4.69, 9.17) is 0 Å². The molecule has 100 valence electrons. The van der Waals surface area contributed by atoms with E-state index in [9.17, 15) is 4.79 Å². The minimum absolute atomic E-state index is 0.0243. The first-order valence-electron chi connectivity index (χ1n) is 6.04. The Balaban J connectivity index is 1.53. The van der Waals surface area contributed by atoms with E-state index in [0.29, 0.717) is 0 Å². The Morgan fingerprint density at radius 1 is 1.32 bits per heavy atom. The third kappa shape index (κ3) is 2.62. The van der Waals surface area contributed by atoms with Crippen LogP contribution in [-0.2, 0) is 0 Å². The van der Waals surface area contributed by atoms with Gasteiger partial charge in [0.05, 0.1) is 10.9 Å². The maximum absolute atomic E-state index is 12.0.